The first-order valence-corrected chi connectivity index (χ1v) is 45.0. The summed E-state index contributed by atoms with van der Waals surface area (Å²) in [5, 5.41) is 67.5. The van der Waals surface area contributed by atoms with Crippen molar-refractivity contribution in [2.24, 2.45) is 17.6 Å². The summed E-state index contributed by atoms with van der Waals surface area (Å²) in [6.07, 6.45) is -1.99. The number of aliphatic hydroxyl groups is 1. The van der Waals surface area contributed by atoms with E-state index in [1.807, 2.05) is 6.92 Å². The van der Waals surface area contributed by atoms with Crippen molar-refractivity contribution in [2.75, 3.05) is 59.3 Å². The van der Waals surface area contributed by atoms with Crippen molar-refractivity contribution in [1.82, 2.24) is 77.3 Å². The minimum atomic E-state index is -1.92. The lowest BCUT2D eigenvalue weighted by Crippen LogP contribution is -2.62. The van der Waals surface area contributed by atoms with Gasteiger partial charge in [0.1, 0.15) is 84.0 Å². The second kappa shape index (κ2) is 48.8. The van der Waals surface area contributed by atoms with Crippen LogP contribution in [0.2, 0.25) is 0 Å². The predicted octanol–water partition coefficient (Wildman–Crippen LogP) is 1.83. The molecule has 0 aliphatic carbocycles. The summed E-state index contributed by atoms with van der Waals surface area (Å²) in [6.45, 7) is 6.40. The van der Waals surface area contributed by atoms with Crippen molar-refractivity contribution in [1.29, 1.82) is 0 Å². The summed E-state index contributed by atoms with van der Waals surface area (Å²) in [7, 11) is 5.25. The fourth-order valence-corrected chi connectivity index (χ4v) is 16.8. The van der Waals surface area contributed by atoms with Crippen molar-refractivity contribution in [3.63, 3.8) is 0 Å². The lowest BCUT2D eigenvalue weighted by molar-refractivity contribution is -0.151. The molecular weight excluding hydrogens is 1720 g/mol. The van der Waals surface area contributed by atoms with Crippen molar-refractivity contribution in [3.8, 4) is 11.5 Å². The number of aromatic hydroxyl groups is 2. The van der Waals surface area contributed by atoms with Crippen LogP contribution >= 0.6 is 11.8 Å². The Morgan fingerprint density at radius 2 is 0.970 bits per heavy atom. The molecule has 2 aliphatic rings. The molecule has 9 rings (SSSR count). The molecule has 132 heavy (non-hydrogen) atoms. The number of carbonyl (C=O) groups excluding carboxylic acids is 15. The second-order valence-corrected chi connectivity index (χ2v) is 35.2. The Morgan fingerprint density at radius 1 is 0.492 bits per heavy atom. The van der Waals surface area contributed by atoms with Crippen molar-refractivity contribution in [2.45, 2.75) is 190 Å². The lowest BCUT2D eigenvalue weighted by Gasteiger charge is -2.37. The Hall–Kier alpha value is -13.7. The third kappa shape index (κ3) is 29.4. The number of unbranched alkanes of at least 4 members (excludes halogenated alkanes) is 1. The number of hydrogen-bond donors (Lipinski definition) is 15. The Morgan fingerprint density at radius 3 is 1.53 bits per heavy atom. The number of H-pyrrole nitrogens is 1. The number of primary amides is 1. The van der Waals surface area contributed by atoms with Crippen molar-refractivity contribution in [3.05, 3.63) is 203 Å². The monoisotopic (exact) mass is 1840 g/mol. The number of thioether (sulfide) groups is 1. The smallest absolute Gasteiger partial charge is 0.305 e. The molecule has 16 N–H and O–H groups in total. The third-order valence-corrected chi connectivity index (χ3v) is 24.2. The first-order valence-electron chi connectivity index (χ1n) is 43.9. The first-order chi connectivity index (χ1) is 62.9. The van der Waals surface area contributed by atoms with Gasteiger partial charge in [0.25, 0.3) is 0 Å². The van der Waals surface area contributed by atoms with E-state index in [4.69, 9.17) is 5.73 Å². The first kappa shape index (κ1) is 102. The van der Waals surface area contributed by atoms with E-state index in [0.29, 0.717) is 57.1 Å². The van der Waals surface area contributed by atoms with Crippen LogP contribution in [-0.2, 0) is 115 Å². The van der Waals surface area contributed by atoms with Gasteiger partial charge < -0.3 is 103 Å². The number of nitrogens with two attached hydrogens (primary N) is 1. The van der Waals surface area contributed by atoms with Crippen LogP contribution in [0.15, 0.2) is 170 Å². The van der Waals surface area contributed by atoms with Crippen molar-refractivity contribution >= 4 is 117 Å². The number of rotatable bonds is 23. The summed E-state index contributed by atoms with van der Waals surface area (Å²) >= 11 is 0.822. The summed E-state index contributed by atoms with van der Waals surface area (Å²) in [5.41, 5.74) is 8.98. The number of carboxylic acids is 1. The molecule has 2 aliphatic heterocycles. The average Bonchev–Trinajstić information content (AvgIpc) is 1.57. The number of phenols is 2. The SMILES string of the molecule is CCCC[C@H]1C(=O)N(C)CC(=O)N[C@@H](CC(=O)O)C(=O)N[C@@H](C(C)C)C(=O)N(C)[C@@H](Cc2ccccc2)C(=O)N[C@@H](Cc2ccc(O)cc2)C(=O)N2C[C@H](O)C[C@@H]2C(=O)N[C@@H](Cc2c[nH]c3ccccc23)C(=O)N[C@@H](Cc2ccc(O)cc2)C(=O)N[C@@H](CC(C)C)C(=O)N[C@H](C(=O)NCC(N)=O)CSCC(=O)N[C@@H](Cc2ccccc2)C(=O)N(C)[C@@H](Cc2ccccc2)C(=O)N1C. The van der Waals surface area contributed by atoms with Gasteiger partial charge in [0.2, 0.25) is 88.6 Å². The summed E-state index contributed by atoms with van der Waals surface area (Å²) in [5.74, 6) is -17.9. The van der Waals surface area contributed by atoms with Gasteiger partial charge in [-0.3, -0.25) is 76.7 Å². The molecule has 0 unspecified atom stereocenters. The largest absolute Gasteiger partial charge is 0.508 e. The van der Waals surface area contributed by atoms with Gasteiger partial charge in [0.05, 0.1) is 31.4 Å². The van der Waals surface area contributed by atoms with E-state index in [0.717, 1.165) is 26.5 Å². The number of phenolic OH excluding ortho intramolecular Hbond substituents is 2. The zero-order chi connectivity index (χ0) is 96.2. The van der Waals surface area contributed by atoms with E-state index in [1.165, 1.54) is 86.5 Å². The number of nitrogens with one attached hydrogen (secondary N) is 10. The highest BCUT2D eigenvalue weighted by atomic mass is 32.2. The Labute approximate surface area is 769 Å². The van der Waals surface area contributed by atoms with Gasteiger partial charge in [-0.25, -0.2) is 0 Å². The summed E-state index contributed by atoms with van der Waals surface area (Å²) in [4.78, 5) is 246. The number of aromatic amines is 1. The van der Waals surface area contributed by atoms with Crippen LogP contribution in [0.5, 0.6) is 11.5 Å². The Bertz CT molecular complexity index is 5210. The number of amides is 15. The van der Waals surface area contributed by atoms with Gasteiger partial charge >= 0.3 is 5.97 Å². The summed E-state index contributed by atoms with van der Waals surface area (Å²) in [6, 6.07) is 25.0. The molecular formula is C95H120N16O20S. The Balaban J connectivity index is 1.13. The fourth-order valence-electron chi connectivity index (χ4n) is 15.9. The standard InChI is InChI=1S/C95H120N16O20S/c1-10-11-31-75-93(129)107(6)52-80(116)99-71(48-82(118)119)88(124)106-83(56(4)5)95(131)109(8)76(44-58-25-17-13-18-26-58)89(125)104-73(43-61-34-38-64(113)39-35-61)92(128)111-51-65(114)47-77(111)90(126)103-70(46-62-49-97-67-30-22-21-29-66(62)67)87(123)102-69(41-60-32-36-63(112)37-33-60)86(122)101-68(40-55(2)3)85(121)105-74(84(120)98-50-79(96)115)53-132-54-81(117)100-72(42-57-23-15-12-16-24-57)91(127)110(9)78(94(130)108(75)7)45-59-27-19-14-20-28-59/h12-30,32-39,49,55-56,65,68-78,83,97,112-114H,10-11,31,40-48,50-54H2,1-9H3,(H2,96,115)(H,98,120)(H,99,116)(H,100,117)(H,101,122)(H,102,123)(H,103,126)(H,104,125)(H,105,121)(H,106,124)(H,118,119)/t65-,68+,69+,70+,71+,72+,73+,74+,75+,76+,77-,78+,83+/m1/s1. The number of aliphatic carboxylic acids is 1. The molecule has 0 saturated carbocycles. The van der Waals surface area contributed by atoms with E-state index in [-0.39, 0.29) is 68.8 Å². The van der Waals surface area contributed by atoms with E-state index < -0.39 is 223 Å². The molecule has 0 bridgehead atoms. The number of carbonyl (C=O) groups is 16. The molecule has 3 heterocycles. The molecule has 36 nitrogen and oxygen atoms in total. The maximum absolute atomic E-state index is 15.8. The highest BCUT2D eigenvalue weighted by Crippen LogP contribution is 2.27. The normalized spacial score (nSPS) is 23.2. The number of fused-ring (bicyclic) bond motifs is 2. The molecule has 2 fully saturated rings. The van der Waals surface area contributed by atoms with Gasteiger partial charge in [-0.05, 0) is 88.4 Å². The van der Waals surface area contributed by atoms with Gasteiger partial charge in [0.15, 0.2) is 0 Å². The average molecular weight is 1840 g/mol. The molecule has 15 amide bonds. The minimum Gasteiger partial charge on any atom is -0.508 e. The maximum atomic E-state index is 15.8. The molecule has 0 radical (unpaired) electrons. The van der Waals surface area contributed by atoms with Gasteiger partial charge in [-0.1, -0.05) is 181 Å². The topological polar surface area (TPSA) is 520 Å². The fraction of sp³-hybridized carbons (Fsp3) is 0.432. The number of aromatic nitrogens is 1. The molecule has 1 aromatic heterocycles. The molecule has 7 aromatic rings. The molecule has 13 atom stereocenters. The number of likely N-dealkylation sites (N-methyl/N-ethyl adjacent to an activating group) is 4. The quantitative estimate of drug-likeness (QED) is 0.0434. The number of hydrogen-bond acceptors (Lipinski definition) is 20. The van der Waals surface area contributed by atoms with E-state index >= 15 is 47.9 Å². The molecule has 706 valence electrons. The van der Waals surface area contributed by atoms with Gasteiger partial charge in [-0.2, -0.15) is 0 Å². The number of nitrogens with zero attached hydrogens (tertiary/aromatic N) is 5. The van der Waals surface area contributed by atoms with Crippen LogP contribution in [0.4, 0.5) is 0 Å². The van der Waals surface area contributed by atoms with Gasteiger partial charge in [0, 0.05) is 103 Å². The zero-order valence-corrected chi connectivity index (χ0v) is 76.2. The van der Waals surface area contributed by atoms with E-state index in [2.05, 4.69) is 52.8 Å². The molecule has 37 heteroatoms. The maximum Gasteiger partial charge on any atom is 0.305 e. The molecule has 6 aromatic carbocycles. The van der Waals surface area contributed by atoms with Crippen LogP contribution in [-0.4, -0.2) is 282 Å². The van der Waals surface area contributed by atoms with Crippen LogP contribution in [0.1, 0.15) is 107 Å². The van der Waals surface area contributed by atoms with Crippen LogP contribution in [0.25, 0.3) is 10.9 Å². The Kier molecular flexibility index (Phi) is 37.7. The summed E-state index contributed by atoms with van der Waals surface area (Å²) < 4.78 is 0. The van der Waals surface area contributed by atoms with Crippen LogP contribution in [0.3, 0.4) is 0 Å². The lowest BCUT2D eigenvalue weighted by atomic mass is 9.98. The number of carboxylic acid groups (broad SMARTS) is 1. The third-order valence-electron chi connectivity index (χ3n) is 23.2. The van der Waals surface area contributed by atoms with E-state index in [1.54, 1.807) is 149 Å². The van der Waals surface area contributed by atoms with Crippen LogP contribution < -0.4 is 53.6 Å². The molecule has 0 spiro atoms. The highest BCUT2D eigenvalue weighted by molar-refractivity contribution is 8.00. The predicted molar refractivity (Wildman–Crippen MR) is 491 cm³/mol. The highest BCUT2D eigenvalue weighted by Gasteiger charge is 2.46. The minimum absolute atomic E-state index is 0.0227. The second-order valence-electron chi connectivity index (χ2n) is 34.2. The number of para-hydroxylation sites is 1. The zero-order valence-electron chi connectivity index (χ0n) is 75.4. The van der Waals surface area contributed by atoms with Gasteiger partial charge in [-0.15, -0.1) is 11.8 Å². The van der Waals surface area contributed by atoms with E-state index in [9.17, 15) is 49.2 Å². The van der Waals surface area contributed by atoms with Crippen LogP contribution in [0, 0.1) is 11.8 Å². The number of benzene rings is 6. The van der Waals surface area contributed by atoms with Crippen molar-refractivity contribution < 1.29 is 97.1 Å². The number of aliphatic hydroxyl groups excluding tert-OH is 1. The molecule has 2 saturated heterocycles.